The Hall–Kier alpha value is -6.22. The third-order valence-electron chi connectivity index (χ3n) is 14.7. The molecular formula is C48H60F2N14O5. The molecule has 6 aliphatic rings. The molecule has 3 atom stereocenters. The fraction of sp³-hybridized carbons (Fsp3) is 0.583. The summed E-state index contributed by atoms with van der Waals surface area (Å²) in [6, 6.07) is -1.49. The fourth-order valence-corrected chi connectivity index (χ4v) is 10.6. The number of rotatable bonds is 11. The van der Waals surface area contributed by atoms with Crippen LogP contribution >= 0.6 is 0 Å². The molecule has 69 heavy (non-hydrogen) atoms. The van der Waals surface area contributed by atoms with Crippen LogP contribution in [0.2, 0.25) is 0 Å². The molecule has 5 fully saturated rings. The predicted octanol–water partition coefficient (Wildman–Crippen LogP) is 4.10. The summed E-state index contributed by atoms with van der Waals surface area (Å²) in [6.45, 7) is 10.8. The quantitative estimate of drug-likeness (QED) is 0.180. The van der Waals surface area contributed by atoms with Gasteiger partial charge >= 0.3 is 0 Å². The number of hydrogen-bond donors (Lipinski definition) is 3. The molecule has 4 N–H and O–H groups in total. The number of halogens is 2. The van der Waals surface area contributed by atoms with Gasteiger partial charge in [-0.3, -0.25) is 34.3 Å². The number of nitrogen functional groups attached to an aromatic ring is 1. The number of alkyl halides is 1. The molecular weight excluding hydrogens is 891 g/mol. The number of hydrogen-bond acceptors (Lipinski definition) is 15. The van der Waals surface area contributed by atoms with E-state index >= 15 is 8.78 Å². The zero-order valence-electron chi connectivity index (χ0n) is 39.4. The summed E-state index contributed by atoms with van der Waals surface area (Å²) < 4.78 is 38.6. The highest BCUT2D eigenvalue weighted by molar-refractivity contribution is 6.01. The summed E-state index contributed by atoms with van der Waals surface area (Å²) >= 11 is 0. The molecule has 4 aromatic rings. The molecule has 21 heteroatoms. The molecule has 8 heterocycles. The highest BCUT2D eigenvalue weighted by atomic mass is 19.1. The Balaban J connectivity index is 0.672. The number of nitrogens with two attached hydrogens (primary N) is 1. The van der Waals surface area contributed by atoms with E-state index in [0.29, 0.717) is 92.0 Å². The molecule has 4 amide bonds. The van der Waals surface area contributed by atoms with Gasteiger partial charge in [0, 0.05) is 102 Å². The van der Waals surface area contributed by atoms with Crippen molar-refractivity contribution in [1.82, 2.24) is 65.1 Å². The summed E-state index contributed by atoms with van der Waals surface area (Å²) in [5, 5.41) is 15.2. The smallest absolute Gasteiger partial charge is 0.249 e. The van der Waals surface area contributed by atoms with Crippen molar-refractivity contribution in [1.29, 1.82) is 0 Å². The van der Waals surface area contributed by atoms with Crippen LogP contribution in [0.5, 0.6) is 0 Å². The van der Waals surface area contributed by atoms with Crippen LogP contribution in [-0.2, 0) is 24.7 Å². The monoisotopic (exact) mass is 950 g/mol. The van der Waals surface area contributed by atoms with Crippen LogP contribution in [0.25, 0.3) is 33.8 Å². The first kappa shape index (κ1) is 46.5. The van der Waals surface area contributed by atoms with Crippen LogP contribution in [0.1, 0.15) is 108 Å². The van der Waals surface area contributed by atoms with Crippen LogP contribution in [0, 0.1) is 0 Å². The third-order valence-corrected chi connectivity index (χ3v) is 14.7. The molecule has 366 valence electrons. The van der Waals surface area contributed by atoms with Crippen molar-refractivity contribution < 1.29 is 32.5 Å². The number of nitrogens with one attached hydrogen (secondary N) is 2. The molecule has 0 bridgehead atoms. The molecule has 2 unspecified atom stereocenters. The first-order valence-electron chi connectivity index (χ1n) is 24.4. The van der Waals surface area contributed by atoms with Gasteiger partial charge in [0.2, 0.25) is 23.6 Å². The van der Waals surface area contributed by atoms with E-state index in [1.807, 2.05) is 52.5 Å². The molecule has 2 aliphatic carbocycles. The minimum Gasteiger partial charge on any atom is -0.383 e. The highest BCUT2D eigenvalue weighted by Gasteiger charge is 2.40. The normalized spacial score (nSPS) is 23.8. The van der Waals surface area contributed by atoms with E-state index in [4.69, 9.17) is 25.3 Å². The van der Waals surface area contributed by atoms with Gasteiger partial charge < -0.3 is 25.4 Å². The summed E-state index contributed by atoms with van der Waals surface area (Å²) in [5.41, 5.74) is 9.55. The van der Waals surface area contributed by atoms with E-state index in [1.54, 1.807) is 0 Å². The summed E-state index contributed by atoms with van der Waals surface area (Å²) in [4.78, 5) is 76.7. The first-order chi connectivity index (χ1) is 33.2. The van der Waals surface area contributed by atoms with E-state index in [0.717, 1.165) is 49.8 Å². The molecule has 4 aliphatic heterocycles. The second kappa shape index (κ2) is 18.9. The molecule has 4 saturated heterocycles. The topological polar surface area (TPSA) is 227 Å². The van der Waals surface area contributed by atoms with E-state index in [-0.39, 0.29) is 67.0 Å². The van der Waals surface area contributed by atoms with E-state index in [2.05, 4.69) is 30.7 Å². The van der Waals surface area contributed by atoms with Gasteiger partial charge in [-0.25, -0.2) is 33.4 Å². The van der Waals surface area contributed by atoms with E-state index < -0.39 is 35.5 Å². The number of imide groups is 1. The number of carbonyl (C=O) groups is 4. The molecule has 4 aromatic heterocycles. The fourth-order valence-electron chi connectivity index (χ4n) is 10.6. The summed E-state index contributed by atoms with van der Waals surface area (Å²) in [7, 11) is 0. The number of allylic oxidation sites excluding steroid dienone is 1. The van der Waals surface area contributed by atoms with Gasteiger partial charge in [0.05, 0.1) is 22.5 Å². The van der Waals surface area contributed by atoms with Gasteiger partial charge in [-0.1, -0.05) is 5.16 Å². The lowest BCUT2D eigenvalue weighted by atomic mass is 9.91. The van der Waals surface area contributed by atoms with Crippen LogP contribution < -0.4 is 16.4 Å². The van der Waals surface area contributed by atoms with E-state index in [1.165, 1.54) is 18.5 Å². The lowest BCUT2D eigenvalue weighted by Crippen LogP contribution is -2.57. The van der Waals surface area contributed by atoms with Crippen molar-refractivity contribution in [3.8, 4) is 22.8 Å². The average molecular weight is 951 g/mol. The highest BCUT2D eigenvalue weighted by Crippen LogP contribution is 2.48. The number of piperazine rings is 1. The number of likely N-dealkylation sites (tertiary alicyclic amines) is 2. The van der Waals surface area contributed by atoms with Gasteiger partial charge in [-0.05, 0) is 89.4 Å². The van der Waals surface area contributed by atoms with Crippen molar-refractivity contribution in [3.05, 3.63) is 53.7 Å². The average Bonchev–Trinajstić information content (AvgIpc) is 3.96. The van der Waals surface area contributed by atoms with Crippen molar-refractivity contribution in [2.45, 2.75) is 127 Å². The maximum atomic E-state index is 15.4. The van der Waals surface area contributed by atoms with Crippen molar-refractivity contribution in [2.24, 2.45) is 0 Å². The molecule has 0 aromatic carbocycles. The number of amides is 4. The zero-order valence-corrected chi connectivity index (χ0v) is 39.4. The lowest BCUT2D eigenvalue weighted by Gasteiger charge is -2.45. The van der Waals surface area contributed by atoms with Gasteiger partial charge in [0.1, 0.15) is 41.6 Å². The second-order valence-electron chi connectivity index (χ2n) is 20.3. The standard InChI is InChI=1S/C48H60F2N14O5/c1-48(2,3)64-46-39(44(51)54-26-55-46)40(58-64)41-38(43(69-59-41)28-4-5-28)45-52-24-29(25-53-45)27-10-14-61(15-11-27)36(66)8-9-37(67)62-16-12-31(13-17-62)60-18-20-63(21-19-60)42-32(49)22-30(23-33(42)50)56-34-6-7-35(65)57-47(34)68/h22-28,31-32,34,42,56H,4-21H2,1-3H3,(H2,51,54,55)(H,57,65,68)/t32?,34-,42?/m0/s1. The maximum Gasteiger partial charge on any atom is 0.249 e. The maximum absolute atomic E-state index is 15.4. The SMILES string of the molecule is CC(C)(C)n1nc(-c2noc(C3CC3)c2-c2ncc(C3CCN(C(=O)CCC(=O)N4CCC(N5CCN(C6C(F)=CC(N[C@H]7CCC(=O)NC7=O)=CC6F)CC5)CC4)CC3)cn2)c2c(N)ncnc21. The van der Waals surface area contributed by atoms with Gasteiger partial charge in [0.25, 0.3) is 0 Å². The molecule has 0 spiro atoms. The first-order valence-corrected chi connectivity index (χ1v) is 24.4. The number of nitrogens with zero attached hydrogens (tertiary/aromatic N) is 11. The summed E-state index contributed by atoms with van der Waals surface area (Å²) in [6.07, 6.45) is 12.0. The second-order valence-corrected chi connectivity index (χ2v) is 20.3. The number of piperidine rings is 3. The van der Waals surface area contributed by atoms with Crippen molar-refractivity contribution in [2.75, 3.05) is 58.1 Å². The zero-order chi connectivity index (χ0) is 48.1. The molecule has 1 saturated carbocycles. The van der Waals surface area contributed by atoms with Crippen molar-refractivity contribution >= 4 is 40.5 Å². The molecule has 0 radical (unpaired) electrons. The number of anilines is 1. The molecule has 10 rings (SSSR count). The van der Waals surface area contributed by atoms with Crippen LogP contribution in [0.4, 0.5) is 14.6 Å². The predicted molar refractivity (Wildman–Crippen MR) is 249 cm³/mol. The van der Waals surface area contributed by atoms with Gasteiger partial charge in [-0.2, -0.15) is 5.10 Å². The minimum atomic E-state index is -1.59. The van der Waals surface area contributed by atoms with Gasteiger partial charge in [0.15, 0.2) is 17.2 Å². The lowest BCUT2D eigenvalue weighted by molar-refractivity contribution is -0.138. The number of carbonyl (C=O) groups excluding carboxylic acids is 4. The van der Waals surface area contributed by atoms with Crippen LogP contribution in [0.3, 0.4) is 0 Å². The van der Waals surface area contributed by atoms with Crippen molar-refractivity contribution in [3.63, 3.8) is 0 Å². The Bertz CT molecular complexity index is 2670. The largest absolute Gasteiger partial charge is 0.383 e. The summed E-state index contributed by atoms with van der Waals surface area (Å²) in [5.74, 6) is 0.446. The Labute approximate surface area is 398 Å². The third kappa shape index (κ3) is 9.58. The Morgan fingerprint density at radius 1 is 0.841 bits per heavy atom. The van der Waals surface area contributed by atoms with E-state index in [9.17, 15) is 19.2 Å². The number of fused-ring (bicyclic) bond motifs is 1. The van der Waals surface area contributed by atoms with Crippen LogP contribution in [0.15, 0.2) is 46.9 Å². The minimum absolute atomic E-state index is 0.0137. The Kier molecular flexibility index (Phi) is 12.8. The Morgan fingerprint density at radius 3 is 2.12 bits per heavy atom. The molecule has 19 nitrogen and oxygen atoms in total. The van der Waals surface area contributed by atoms with Gasteiger partial charge in [-0.15, -0.1) is 0 Å². The van der Waals surface area contributed by atoms with Crippen LogP contribution in [-0.4, -0.2) is 155 Å². The number of aromatic nitrogens is 7. The Morgan fingerprint density at radius 2 is 1.49 bits per heavy atom.